The van der Waals surface area contributed by atoms with E-state index >= 15 is 0 Å². The van der Waals surface area contributed by atoms with E-state index < -0.39 is 0 Å². The number of thiazole rings is 1. The first-order valence-corrected chi connectivity index (χ1v) is 8.61. The summed E-state index contributed by atoms with van der Waals surface area (Å²) in [6.45, 7) is 0. The smallest absolute Gasteiger partial charge is 0.266 e. The van der Waals surface area contributed by atoms with Gasteiger partial charge >= 0.3 is 0 Å². The van der Waals surface area contributed by atoms with Crippen LogP contribution in [0, 0.1) is 0 Å². The fourth-order valence-corrected chi connectivity index (χ4v) is 3.60. The third-order valence-corrected chi connectivity index (χ3v) is 4.99. The maximum absolute atomic E-state index is 12.5. The maximum Gasteiger partial charge on any atom is 0.291 e. The molecule has 118 valence electrons. The molecule has 0 fully saturated rings. The molecule has 2 heterocycles. The van der Waals surface area contributed by atoms with E-state index in [2.05, 4.69) is 10.1 Å². The first-order valence-electron chi connectivity index (χ1n) is 7.03. The highest BCUT2D eigenvalue weighted by Crippen LogP contribution is 2.20. The summed E-state index contributed by atoms with van der Waals surface area (Å²) in [7, 11) is 0. The highest BCUT2D eigenvalue weighted by Gasteiger charge is 2.12. The second-order valence-electron chi connectivity index (χ2n) is 5.08. The van der Waals surface area contributed by atoms with Gasteiger partial charge in [0.2, 0.25) is 4.96 Å². The molecule has 2 aromatic heterocycles. The molecule has 0 saturated heterocycles. The molecule has 0 aliphatic carbocycles. The van der Waals surface area contributed by atoms with E-state index in [1.54, 1.807) is 24.3 Å². The minimum atomic E-state index is -0.212. The quantitative estimate of drug-likeness (QED) is 0.538. The van der Waals surface area contributed by atoms with Gasteiger partial charge in [0, 0.05) is 15.6 Å². The molecular formula is C17H9Cl2N3OS. The highest BCUT2D eigenvalue weighted by atomic mass is 35.5. The molecule has 2 aromatic carbocycles. The van der Waals surface area contributed by atoms with Gasteiger partial charge in [-0.1, -0.05) is 64.9 Å². The van der Waals surface area contributed by atoms with Crippen molar-refractivity contribution in [3.05, 3.63) is 79.0 Å². The second-order valence-corrected chi connectivity index (χ2v) is 6.93. The normalized spacial score (nSPS) is 12.2. The summed E-state index contributed by atoms with van der Waals surface area (Å²) in [6.07, 6.45) is 1.75. The van der Waals surface area contributed by atoms with Crippen LogP contribution in [-0.2, 0) is 0 Å². The van der Waals surface area contributed by atoms with Gasteiger partial charge in [0.1, 0.15) is 0 Å². The average Bonchev–Trinajstić information content (AvgIpc) is 3.10. The van der Waals surface area contributed by atoms with Gasteiger partial charge < -0.3 is 0 Å². The number of halogens is 2. The highest BCUT2D eigenvalue weighted by molar-refractivity contribution is 7.15. The minimum absolute atomic E-state index is 0.212. The van der Waals surface area contributed by atoms with E-state index in [0.29, 0.717) is 25.4 Å². The zero-order valence-corrected chi connectivity index (χ0v) is 14.4. The van der Waals surface area contributed by atoms with Crippen LogP contribution >= 0.6 is 34.5 Å². The summed E-state index contributed by atoms with van der Waals surface area (Å²) in [4.78, 5) is 17.5. The average molecular weight is 374 g/mol. The monoisotopic (exact) mass is 373 g/mol. The maximum atomic E-state index is 12.5. The van der Waals surface area contributed by atoms with Crippen LogP contribution in [0.3, 0.4) is 0 Å². The van der Waals surface area contributed by atoms with Crippen LogP contribution in [-0.4, -0.2) is 14.6 Å². The lowest BCUT2D eigenvalue weighted by Crippen LogP contribution is -2.23. The van der Waals surface area contributed by atoms with Gasteiger partial charge in [-0.2, -0.15) is 9.50 Å². The van der Waals surface area contributed by atoms with Crippen molar-refractivity contribution in [2.45, 2.75) is 0 Å². The molecular weight excluding hydrogens is 365 g/mol. The van der Waals surface area contributed by atoms with Gasteiger partial charge in [0.05, 0.1) is 4.53 Å². The molecule has 4 nitrogen and oxygen atoms in total. The zero-order valence-electron chi connectivity index (χ0n) is 12.1. The molecule has 24 heavy (non-hydrogen) atoms. The van der Waals surface area contributed by atoms with Crippen molar-refractivity contribution < 1.29 is 0 Å². The summed E-state index contributed by atoms with van der Waals surface area (Å²) in [5.41, 5.74) is 1.35. The Bertz CT molecular complexity index is 1170. The third-order valence-electron chi connectivity index (χ3n) is 3.46. The van der Waals surface area contributed by atoms with Crippen LogP contribution in [0.1, 0.15) is 5.56 Å². The predicted octanol–water partition coefficient (Wildman–Crippen LogP) is 3.67. The van der Waals surface area contributed by atoms with Crippen molar-refractivity contribution in [2.75, 3.05) is 0 Å². The SMILES string of the molecule is O=c1c(=Cc2ccccc2Cl)sc2nc(-c3cccc(Cl)c3)nn12. The van der Waals surface area contributed by atoms with E-state index in [0.717, 1.165) is 11.1 Å². The van der Waals surface area contributed by atoms with Crippen LogP contribution in [0.15, 0.2) is 53.3 Å². The zero-order chi connectivity index (χ0) is 16.7. The van der Waals surface area contributed by atoms with E-state index in [1.165, 1.54) is 15.9 Å². The lowest BCUT2D eigenvalue weighted by Gasteiger charge is -1.95. The number of hydrogen-bond acceptors (Lipinski definition) is 4. The molecule has 0 atom stereocenters. The Kier molecular flexibility index (Phi) is 3.84. The van der Waals surface area contributed by atoms with Crippen LogP contribution in [0.4, 0.5) is 0 Å². The molecule has 4 rings (SSSR count). The number of hydrogen-bond donors (Lipinski definition) is 0. The van der Waals surface area contributed by atoms with Crippen molar-refractivity contribution in [1.82, 2.24) is 14.6 Å². The van der Waals surface area contributed by atoms with Crippen molar-refractivity contribution in [3.8, 4) is 11.4 Å². The van der Waals surface area contributed by atoms with Gasteiger partial charge in [0.25, 0.3) is 5.56 Å². The summed E-state index contributed by atoms with van der Waals surface area (Å²) < 4.78 is 1.85. The van der Waals surface area contributed by atoms with Crippen LogP contribution in [0.25, 0.3) is 22.4 Å². The Balaban J connectivity index is 1.85. The molecule has 0 N–H and O–H groups in total. The number of fused-ring (bicyclic) bond motifs is 1. The summed E-state index contributed by atoms with van der Waals surface area (Å²) >= 11 is 13.4. The van der Waals surface area contributed by atoms with Crippen molar-refractivity contribution in [2.24, 2.45) is 0 Å². The van der Waals surface area contributed by atoms with Crippen LogP contribution in [0.2, 0.25) is 10.0 Å². The molecule has 0 aliphatic rings. The number of aromatic nitrogens is 3. The Hall–Kier alpha value is -2.21. The van der Waals surface area contributed by atoms with E-state index in [4.69, 9.17) is 23.2 Å². The largest absolute Gasteiger partial charge is 0.291 e. The number of nitrogens with zero attached hydrogens (tertiary/aromatic N) is 3. The lowest BCUT2D eigenvalue weighted by molar-refractivity contribution is 0.937. The molecule has 0 saturated carbocycles. The van der Waals surface area contributed by atoms with Crippen molar-refractivity contribution >= 4 is 45.6 Å². The standard InChI is InChI=1S/C17H9Cl2N3OS/c18-12-6-3-5-11(8-12)15-20-17-22(21-15)16(23)14(24-17)9-10-4-1-2-7-13(10)19/h1-9H. The fraction of sp³-hybridized carbons (Fsp3) is 0. The Morgan fingerprint density at radius 1 is 1.08 bits per heavy atom. The van der Waals surface area contributed by atoms with Crippen LogP contribution < -0.4 is 10.1 Å². The second kappa shape index (κ2) is 6.02. The van der Waals surface area contributed by atoms with Gasteiger partial charge in [-0.05, 0) is 29.8 Å². The molecule has 0 spiro atoms. The minimum Gasteiger partial charge on any atom is -0.266 e. The van der Waals surface area contributed by atoms with Crippen molar-refractivity contribution in [1.29, 1.82) is 0 Å². The molecule has 7 heteroatoms. The first-order chi connectivity index (χ1) is 11.6. The Morgan fingerprint density at radius 2 is 1.92 bits per heavy atom. The molecule has 0 radical (unpaired) electrons. The van der Waals surface area contributed by atoms with Crippen LogP contribution in [0.5, 0.6) is 0 Å². The molecule has 0 bridgehead atoms. The summed E-state index contributed by atoms with van der Waals surface area (Å²) in [6, 6.07) is 14.6. The first kappa shape index (κ1) is 15.3. The van der Waals surface area contributed by atoms with Gasteiger partial charge in [-0.15, -0.1) is 5.10 Å². The summed E-state index contributed by atoms with van der Waals surface area (Å²) in [5.74, 6) is 0.477. The summed E-state index contributed by atoms with van der Waals surface area (Å²) in [5, 5.41) is 5.49. The number of benzene rings is 2. The third kappa shape index (κ3) is 2.71. The molecule has 0 aliphatic heterocycles. The van der Waals surface area contributed by atoms with E-state index in [1.807, 2.05) is 30.3 Å². The Labute approximate surface area is 150 Å². The molecule has 0 amide bonds. The van der Waals surface area contributed by atoms with E-state index in [-0.39, 0.29) is 5.56 Å². The molecule has 4 aromatic rings. The fourth-order valence-electron chi connectivity index (χ4n) is 2.32. The predicted molar refractivity (Wildman–Crippen MR) is 97.8 cm³/mol. The van der Waals surface area contributed by atoms with Gasteiger partial charge in [0.15, 0.2) is 5.82 Å². The Morgan fingerprint density at radius 3 is 2.67 bits per heavy atom. The number of rotatable bonds is 2. The van der Waals surface area contributed by atoms with Crippen molar-refractivity contribution in [3.63, 3.8) is 0 Å². The molecule has 0 unspecified atom stereocenters. The van der Waals surface area contributed by atoms with Gasteiger partial charge in [-0.3, -0.25) is 4.79 Å². The topological polar surface area (TPSA) is 47.3 Å². The van der Waals surface area contributed by atoms with Gasteiger partial charge in [-0.25, -0.2) is 0 Å². The van der Waals surface area contributed by atoms with E-state index in [9.17, 15) is 4.79 Å². The lowest BCUT2D eigenvalue weighted by atomic mass is 10.2.